The molecule has 0 N–H and O–H groups in total. The van der Waals surface area contributed by atoms with Gasteiger partial charge in [0.05, 0.1) is 11.7 Å². The van der Waals surface area contributed by atoms with Crippen LogP contribution in [-0.2, 0) is 14.5 Å². The largest absolute Gasteiger partial charge is 0.444 e. The number of hydrogen-bond acceptors (Lipinski definition) is 3. The van der Waals surface area contributed by atoms with Crippen LogP contribution in [0.3, 0.4) is 0 Å². The van der Waals surface area contributed by atoms with Crippen molar-refractivity contribution in [2.45, 2.75) is 25.9 Å². The topological polar surface area (TPSA) is 34.3 Å². The van der Waals surface area contributed by atoms with Crippen molar-refractivity contribution in [1.29, 1.82) is 0 Å². The lowest BCUT2D eigenvalue weighted by Gasteiger charge is -2.24. The predicted octanol–water partition coefficient (Wildman–Crippen LogP) is 0.572. The van der Waals surface area contributed by atoms with E-state index in [1.807, 2.05) is 0 Å². The van der Waals surface area contributed by atoms with E-state index in [0.29, 0.717) is 0 Å². The normalized spacial score (nSPS) is 21.3. The molecule has 1 aliphatic rings. The molecule has 0 amide bonds. The first-order valence-electron chi connectivity index (χ1n) is 3.73. The maximum Gasteiger partial charge on any atom is 0.385 e. The van der Waals surface area contributed by atoms with Crippen LogP contribution in [0.2, 0.25) is 6.04 Å². The zero-order chi connectivity index (χ0) is 8.54. The van der Waals surface area contributed by atoms with Gasteiger partial charge in [-0.15, -0.1) is 0 Å². The fourth-order valence-corrected chi connectivity index (χ4v) is 1.22. The van der Waals surface area contributed by atoms with E-state index in [0.717, 1.165) is 16.3 Å². The van der Waals surface area contributed by atoms with Gasteiger partial charge in [0, 0.05) is 10.2 Å². The Kier molecular flexibility index (Phi) is 2.09. The Balaban J connectivity index is 2.63. The van der Waals surface area contributed by atoms with E-state index in [9.17, 15) is 0 Å². The standard InChI is InChI=1S/C7H14O3Si/c1-4-8-7(9-10-7)6(2,3)5-11/h4H,1,5H2,2-3,11H3. The second-order valence-electron chi connectivity index (χ2n) is 3.24. The van der Waals surface area contributed by atoms with Crippen LogP contribution in [0.25, 0.3) is 0 Å². The van der Waals surface area contributed by atoms with Gasteiger partial charge >= 0.3 is 5.97 Å². The summed E-state index contributed by atoms with van der Waals surface area (Å²) in [6.07, 6.45) is 1.35. The average molecular weight is 174 g/mol. The molecule has 0 spiro atoms. The van der Waals surface area contributed by atoms with Crippen LogP contribution in [0.15, 0.2) is 12.8 Å². The summed E-state index contributed by atoms with van der Waals surface area (Å²) in [5, 5.41) is 0. The Morgan fingerprint density at radius 3 is 2.45 bits per heavy atom. The quantitative estimate of drug-likeness (QED) is 0.270. The molecule has 0 saturated carbocycles. The van der Waals surface area contributed by atoms with Gasteiger partial charge < -0.3 is 4.74 Å². The van der Waals surface area contributed by atoms with E-state index in [2.05, 4.69) is 20.4 Å². The van der Waals surface area contributed by atoms with Crippen molar-refractivity contribution < 1.29 is 14.5 Å². The molecular weight excluding hydrogens is 160 g/mol. The highest BCUT2D eigenvalue weighted by Crippen LogP contribution is 2.48. The van der Waals surface area contributed by atoms with Crippen molar-refractivity contribution in [1.82, 2.24) is 0 Å². The average Bonchev–Trinajstić information content (AvgIpc) is 2.70. The van der Waals surface area contributed by atoms with Crippen molar-refractivity contribution in [2.24, 2.45) is 5.41 Å². The molecule has 1 heterocycles. The minimum atomic E-state index is -0.837. The summed E-state index contributed by atoms with van der Waals surface area (Å²) in [4.78, 5) is 9.64. The molecule has 0 unspecified atom stereocenters. The van der Waals surface area contributed by atoms with Gasteiger partial charge in [-0.05, 0) is 0 Å². The van der Waals surface area contributed by atoms with Gasteiger partial charge in [0.2, 0.25) is 0 Å². The van der Waals surface area contributed by atoms with Gasteiger partial charge in [-0.2, -0.15) is 9.78 Å². The van der Waals surface area contributed by atoms with Crippen LogP contribution in [0, 0.1) is 5.41 Å². The summed E-state index contributed by atoms with van der Waals surface area (Å²) in [6.45, 7) is 7.57. The van der Waals surface area contributed by atoms with Gasteiger partial charge in [-0.3, -0.25) is 0 Å². The molecule has 1 rings (SSSR count). The fourth-order valence-electron chi connectivity index (χ4n) is 0.788. The first-order valence-corrected chi connectivity index (χ1v) is 5.15. The van der Waals surface area contributed by atoms with E-state index < -0.39 is 5.97 Å². The third-order valence-electron chi connectivity index (χ3n) is 2.19. The minimum Gasteiger partial charge on any atom is -0.444 e. The third kappa shape index (κ3) is 1.33. The van der Waals surface area contributed by atoms with Crippen LogP contribution >= 0.6 is 0 Å². The molecule has 0 radical (unpaired) electrons. The van der Waals surface area contributed by atoms with E-state index in [1.165, 1.54) is 6.26 Å². The maximum atomic E-state index is 5.14. The van der Waals surface area contributed by atoms with Crippen LogP contribution in [0.4, 0.5) is 0 Å². The van der Waals surface area contributed by atoms with Crippen molar-refractivity contribution in [3.05, 3.63) is 12.8 Å². The highest BCUT2D eigenvalue weighted by atomic mass is 28.1. The molecule has 0 aliphatic carbocycles. The lowest BCUT2D eigenvalue weighted by Crippen LogP contribution is -2.33. The SMILES string of the molecule is C=COC1(C(C)(C)C[SiH3])OO1. The predicted molar refractivity (Wildman–Crippen MR) is 44.7 cm³/mol. The molecule has 0 aromatic carbocycles. The summed E-state index contributed by atoms with van der Waals surface area (Å²) < 4.78 is 5.14. The van der Waals surface area contributed by atoms with Crippen molar-refractivity contribution in [2.75, 3.05) is 0 Å². The van der Waals surface area contributed by atoms with Gasteiger partial charge in [0.15, 0.2) is 0 Å². The van der Waals surface area contributed by atoms with E-state index >= 15 is 0 Å². The lowest BCUT2D eigenvalue weighted by atomic mass is 9.94. The fraction of sp³-hybridized carbons (Fsp3) is 0.714. The van der Waals surface area contributed by atoms with Crippen LogP contribution in [0.1, 0.15) is 13.8 Å². The second kappa shape index (κ2) is 2.62. The van der Waals surface area contributed by atoms with Crippen LogP contribution in [0.5, 0.6) is 0 Å². The van der Waals surface area contributed by atoms with Crippen LogP contribution < -0.4 is 0 Å². The summed E-state index contributed by atoms with van der Waals surface area (Å²) >= 11 is 0. The van der Waals surface area contributed by atoms with Gasteiger partial charge in [-0.25, -0.2) is 0 Å². The second-order valence-corrected chi connectivity index (χ2v) is 3.95. The first-order chi connectivity index (χ1) is 5.08. The number of rotatable bonds is 4. The molecule has 0 atom stereocenters. The molecule has 64 valence electrons. The van der Waals surface area contributed by atoms with Gasteiger partial charge in [-0.1, -0.05) is 26.5 Å². The number of hydrogen-bond donors (Lipinski definition) is 0. The Morgan fingerprint density at radius 2 is 2.18 bits per heavy atom. The number of ether oxygens (including phenoxy) is 1. The summed E-state index contributed by atoms with van der Waals surface area (Å²) in [6, 6.07) is 1.06. The molecule has 0 aromatic heterocycles. The van der Waals surface area contributed by atoms with Gasteiger partial charge in [0.1, 0.15) is 0 Å². The maximum absolute atomic E-state index is 5.14. The molecule has 1 saturated heterocycles. The highest BCUT2D eigenvalue weighted by molar-refractivity contribution is 6.09. The van der Waals surface area contributed by atoms with Crippen molar-refractivity contribution in [3.8, 4) is 0 Å². The summed E-state index contributed by atoms with van der Waals surface area (Å²) in [7, 11) is 1.10. The molecule has 3 nitrogen and oxygen atoms in total. The monoisotopic (exact) mass is 174 g/mol. The molecule has 11 heavy (non-hydrogen) atoms. The Hall–Kier alpha value is -0.323. The molecular formula is C7H14O3Si. The smallest absolute Gasteiger partial charge is 0.385 e. The zero-order valence-corrected chi connectivity index (χ0v) is 9.22. The lowest BCUT2D eigenvalue weighted by molar-refractivity contribution is -0.0770. The Labute approximate surface area is 69.7 Å². The van der Waals surface area contributed by atoms with Crippen molar-refractivity contribution in [3.63, 3.8) is 0 Å². The molecule has 4 heteroatoms. The minimum absolute atomic E-state index is 0.0760. The Bertz CT molecular complexity index is 163. The first kappa shape index (κ1) is 8.77. The molecule has 1 aliphatic heterocycles. The Morgan fingerprint density at radius 1 is 1.64 bits per heavy atom. The van der Waals surface area contributed by atoms with E-state index in [1.54, 1.807) is 0 Å². The summed E-state index contributed by atoms with van der Waals surface area (Å²) in [5.41, 5.74) is -0.0760. The van der Waals surface area contributed by atoms with E-state index in [-0.39, 0.29) is 5.41 Å². The molecule has 1 fully saturated rings. The third-order valence-corrected chi connectivity index (χ3v) is 3.95. The zero-order valence-electron chi connectivity index (χ0n) is 7.22. The van der Waals surface area contributed by atoms with Crippen molar-refractivity contribution >= 4 is 10.2 Å². The summed E-state index contributed by atoms with van der Waals surface area (Å²) in [5.74, 6) is -0.837. The van der Waals surface area contributed by atoms with E-state index in [4.69, 9.17) is 14.5 Å². The van der Waals surface area contributed by atoms with Gasteiger partial charge in [0.25, 0.3) is 0 Å². The van der Waals surface area contributed by atoms with Crippen LogP contribution in [-0.4, -0.2) is 16.2 Å². The highest BCUT2D eigenvalue weighted by Gasteiger charge is 2.62. The molecule has 0 bridgehead atoms. The molecule has 0 aromatic rings.